The first-order valence-electron chi connectivity index (χ1n) is 11.7. The van der Waals surface area contributed by atoms with Crippen molar-refractivity contribution in [2.45, 2.75) is 77.9 Å². The van der Waals surface area contributed by atoms with E-state index in [0.717, 1.165) is 63.6 Å². The number of piperidine rings is 1. The first-order chi connectivity index (χ1) is 15.0. The second-order valence-corrected chi connectivity index (χ2v) is 8.74. The maximum atomic E-state index is 5.32. The fourth-order valence-electron chi connectivity index (χ4n) is 3.94. The number of guanidine groups is 1. The summed E-state index contributed by atoms with van der Waals surface area (Å²) in [5.74, 6) is 2.68. The van der Waals surface area contributed by atoms with E-state index < -0.39 is 0 Å². The molecule has 2 unspecified atom stereocenters. The second-order valence-electron chi connectivity index (χ2n) is 8.74. The Bertz CT molecular complexity index is 803. The summed E-state index contributed by atoms with van der Waals surface area (Å²) in [5.41, 5.74) is 1.39. The van der Waals surface area contributed by atoms with Gasteiger partial charge in [-0.05, 0) is 38.7 Å². The van der Waals surface area contributed by atoms with E-state index in [4.69, 9.17) is 9.52 Å². The molecule has 0 saturated carbocycles. The van der Waals surface area contributed by atoms with Gasteiger partial charge in [-0.15, -0.1) is 0 Å². The Morgan fingerprint density at radius 1 is 1.29 bits per heavy atom. The molecule has 170 valence electrons. The molecule has 1 saturated heterocycles. The van der Waals surface area contributed by atoms with E-state index in [2.05, 4.69) is 83.7 Å². The molecule has 7 nitrogen and oxygen atoms in total. The summed E-state index contributed by atoms with van der Waals surface area (Å²) in [6.45, 7) is 12.3. The van der Waals surface area contributed by atoms with Crippen molar-refractivity contribution in [3.63, 3.8) is 0 Å². The van der Waals surface area contributed by atoms with Gasteiger partial charge in [-0.25, -0.2) is 0 Å². The third-order valence-electron chi connectivity index (χ3n) is 5.75. The zero-order chi connectivity index (χ0) is 22.1. The van der Waals surface area contributed by atoms with Crippen LogP contribution in [0.3, 0.4) is 0 Å². The Balaban J connectivity index is 1.44. The van der Waals surface area contributed by atoms with Gasteiger partial charge in [0.05, 0.1) is 0 Å². The van der Waals surface area contributed by atoms with E-state index in [9.17, 15) is 0 Å². The van der Waals surface area contributed by atoms with Crippen molar-refractivity contribution in [3.8, 4) is 0 Å². The number of benzene rings is 1. The summed E-state index contributed by atoms with van der Waals surface area (Å²) >= 11 is 0. The summed E-state index contributed by atoms with van der Waals surface area (Å²) in [5, 5.41) is 11.1. The number of hydrogen-bond donors (Lipinski definition) is 2. The van der Waals surface area contributed by atoms with Gasteiger partial charge < -0.3 is 15.2 Å². The number of aryl methyl sites for hydroxylation is 1. The van der Waals surface area contributed by atoms with Gasteiger partial charge in [-0.1, -0.05) is 49.3 Å². The Labute approximate surface area is 186 Å². The minimum atomic E-state index is 0.293. The molecule has 0 bridgehead atoms. The molecule has 1 aromatic heterocycles. The van der Waals surface area contributed by atoms with Crippen LogP contribution in [0.15, 0.2) is 39.8 Å². The highest BCUT2D eigenvalue weighted by molar-refractivity contribution is 5.80. The first kappa shape index (κ1) is 23.3. The molecule has 2 aromatic rings. The van der Waals surface area contributed by atoms with Gasteiger partial charge in [0.1, 0.15) is 0 Å². The van der Waals surface area contributed by atoms with Crippen molar-refractivity contribution in [3.05, 3.63) is 47.6 Å². The highest BCUT2D eigenvalue weighted by Crippen LogP contribution is 2.20. The Morgan fingerprint density at radius 2 is 2.10 bits per heavy atom. The second kappa shape index (κ2) is 11.8. The molecule has 0 amide bonds. The van der Waals surface area contributed by atoms with Crippen LogP contribution >= 0.6 is 0 Å². The van der Waals surface area contributed by atoms with Crippen LogP contribution in [-0.2, 0) is 13.0 Å². The van der Waals surface area contributed by atoms with Crippen molar-refractivity contribution in [1.82, 2.24) is 25.7 Å². The van der Waals surface area contributed by atoms with Gasteiger partial charge in [0.2, 0.25) is 5.89 Å². The molecule has 2 heterocycles. The number of aliphatic imine (C=N–C) groups is 1. The summed E-state index contributed by atoms with van der Waals surface area (Å²) < 4.78 is 5.32. The number of nitrogens with zero attached hydrogens (tertiary/aromatic N) is 4. The molecular weight excluding hydrogens is 388 g/mol. The summed E-state index contributed by atoms with van der Waals surface area (Å²) in [6.07, 6.45) is 3.90. The van der Waals surface area contributed by atoms with Gasteiger partial charge in [-0.2, -0.15) is 4.98 Å². The molecule has 1 aromatic carbocycles. The number of aromatic nitrogens is 2. The van der Waals surface area contributed by atoms with Crippen molar-refractivity contribution < 1.29 is 4.52 Å². The molecular formula is C24H38N6O. The lowest BCUT2D eigenvalue weighted by atomic mass is 9.97. The van der Waals surface area contributed by atoms with Crippen LogP contribution < -0.4 is 10.6 Å². The quantitative estimate of drug-likeness (QED) is 0.361. The molecule has 0 radical (unpaired) electrons. The smallest absolute Gasteiger partial charge is 0.226 e. The van der Waals surface area contributed by atoms with Gasteiger partial charge in [-0.3, -0.25) is 9.89 Å². The van der Waals surface area contributed by atoms with Crippen LogP contribution in [-0.4, -0.2) is 52.7 Å². The lowest BCUT2D eigenvalue weighted by Gasteiger charge is -2.38. The summed E-state index contributed by atoms with van der Waals surface area (Å²) in [6, 6.07) is 11.7. The van der Waals surface area contributed by atoms with Crippen molar-refractivity contribution in [1.29, 1.82) is 0 Å². The number of hydrogen-bond acceptors (Lipinski definition) is 5. The van der Waals surface area contributed by atoms with Crippen molar-refractivity contribution in [2.75, 3.05) is 19.6 Å². The average Bonchev–Trinajstić information content (AvgIpc) is 3.23. The standard InChI is InChI=1S/C24H38N6O/c1-5-25-24(26-14-9-12-22-28-23(18(2)3)29-31-22)27-21-13-15-30(19(4)16-21)17-20-10-7-6-8-11-20/h6-8,10-11,18-19,21H,5,9,12-17H2,1-4H3,(H2,25,26,27). The number of nitrogens with one attached hydrogen (secondary N) is 2. The summed E-state index contributed by atoms with van der Waals surface area (Å²) in [7, 11) is 0. The molecule has 7 heteroatoms. The molecule has 0 spiro atoms. The number of likely N-dealkylation sites (tertiary alicyclic amines) is 1. The average molecular weight is 427 g/mol. The highest BCUT2D eigenvalue weighted by Gasteiger charge is 2.25. The SMILES string of the molecule is CCNC(=NCCCc1nc(C(C)C)no1)NC1CCN(Cc2ccccc2)C(C)C1. The van der Waals surface area contributed by atoms with E-state index in [0.29, 0.717) is 23.9 Å². The third kappa shape index (κ3) is 7.35. The predicted molar refractivity (Wildman–Crippen MR) is 125 cm³/mol. The van der Waals surface area contributed by atoms with E-state index >= 15 is 0 Å². The van der Waals surface area contributed by atoms with Crippen LogP contribution in [0.2, 0.25) is 0 Å². The van der Waals surface area contributed by atoms with Crippen molar-refractivity contribution >= 4 is 5.96 Å². The Morgan fingerprint density at radius 3 is 2.77 bits per heavy atom. The normalized spacial score (nSPS) is 20.2. The van der Waals surface area contributed by atoms with E-state index in [1.165, 1.54) is 5.56 Å². The molecule has 2 atom stereocenters. The molecule has 1 aliphatic rings. The van der Waals surface area contributed by atoms with E-state index in [1.54, 1.807) is 0 Å². The van der Waals surface area contributed by atoms with Crippen LogP contribution in [0.1, 0.15) is 70.2 Å². The lowest BCUT2D eigenvalue weighted by Crippen LogP contribution is -2.51. The maximum absolute atomic E-state index is 5.32. The minimum Gasteiger partial charge on any atom is -0.357 e. The Kier molecular flexibility index (Phi) is 8.88. The lowest BCUT2D eigenvalue weighted by molar-refractivity contribution is 0.134. The monoisotopic (exact) mass is 426 g/mol. The van der Waals surface area contributed by atoms with Crippen LogP contribution in [0.5, 0.6) is 0 Å². The van der Waals surface area contributed by atoms with Crippen LogP contribution in [0.4, 0.5) is 0 Å². The Hall–Kier alpha value is -2.41. The van der Waals surface area contributed by atoms with E-state index in [1.807, 2.05) is 0 Å². The fraction of sp³-hybridized carbons (Fsp3) is 0.625. The topological polar surface area (TPSA) is 78.6 Å². The van der Waals surface area contributed by atoms with E-state index in [-0.39, 0.29) is 0 Å². The van der Waals surface area contributed by atoms with Gasteiger partial charge in [0.25, 0.3) is 0 Å². The molecule has 1 aliphatic heterocycles. The predicted octanol–water partition coefficient (Wildman–Crippen LogP) is 3.73. The molecule has 1 fully saturated rings. The van der Waals surface area contributed by atoms with Crippen LogP contribution in [0.25, 0.3) is 0 Å². The fourth-order valence-corrected chi connectivity index (χ4v) is 3.94. The molecule has 3 rings (SSSR count). The maximum Gasteiger partial charge on any atom is 0.226 e. The zero-order valence-electron chi connectivity index (χ0n) is 19.5. The van der Waals surface area contributed by atoms with Crippen molar-refractivity contribution in [2.24, 2.45) is 4.99 Å². The van der Waals surface area contributed by atoms with Gasteiger partial charge >= 0.3 is 0 Å². The van der Waals surface area contributed by atoms with Gasteiger partial charge in [0.15, 0.2) is 11.8 Å². The van der Waals surface area contributed by atoms with Crippen LogP contribution in [0, 0.1) is 0 Å². The largest absolute Gasteiger partial charge is 0.357 e. The number of rotatable bonds is 9. The molecule has 31 heavy (non-hydrogen) atoms. The zero-order valence-corrected chi connectivity index (χ0v) is 19.5. The third-order valence-corrected chi connectivity index (χ3v) is 5.75. The molecule has 2 N–H and O–H groups in total. The first-order valence-corrected chi connectivity index (χ1v) is 11.7. The van der Waals surface area contributed by atoms with Gasteiger partial charge in [0, 0.05) is 50.6 Å². The summed E-state index contributed by atoms with van der Waals surface area (Å²) in [4.78, 5) is 11.8. The molecule has 0 aliphatic carbocycles. The highest BCUT2D eigenvalue weighted by atomic mass is 16.5. The minimum absolute atomic E-state index is 0.293.